The number of anilines is 1. The molecule has 0 atom stereocenters. The molecule has 1 amide bonds. The molecular formula is C12H16N6O2. The van der Waals surface area contributed by atoms with Gasteiger partial charge in [0.15, 0.2) is 12.6 Å². The normalized spacial score (nSPS) is 14.6. The van der Waals surface area contributed by atoms with E-state index in [1.54, 1.807) is 23.1 Å². The Morgan fingerprint density at radius 3 is 2.80 bits per heavy atom. The Kier molecular flexibility index (Phi) is 3.74. The molecule has 0 saturated carbocycles. The second kappa shape index (κ2) is 5.47. The van der Waals surface area contributed by atoms with E-state index < -0.39 is 0 Å². The third-order valence-electron chi connectivity index (χ3n) is 2.69. The maximum atomic E-state index is 11.7. The Morgan fingerprint density at radius 1 is 1.40 bits per heavy atom. The van der Waals surface area contributed by atoms with Crippen molar-refractivity contribution in [2.24, 2.45) is 27.2 Å². The lowest BCUT2D eigenvalue weighted by Gasteiger charge is -2.28. The number of guanidine groups is 2. The first-order chi connectivity index (χ1) is 9.51. The molecule has 0 aliphatic carbocycles. The summed E-state index contributed by atoms with van der Waals surface area (Å²) in [6, 6.07) is 5.13. The van der Waals surface area contributed by atoms with E-state index >= 15 is 0 Å². The molecule has 8 nitrogen and oxygen atoms in total. The number of hydrogen-bond acceptors (Lipinski definition) is 3. The summed E-state index contributed by atoms with van der Waals surface area (Å²) in [6.07, 6.45) is 0. The van der Waals surface area contributed by atoms with E-state index in [-0.39, 0.29) is 24.4 Å². The van der Waals surface area contributed by atoms with Crippen LogP contribution in [-0.2, 0) is 4.79 Å². The molecule has 6 N–H and O–H groups in total. The first kappa shape index (κ1) is 13.7. The van der Waals surface area contributed by atoms with Crippen LogP contribution in [0.1, 0.15) is 6.92 Å². The quantitative estimate of drug-likeness (QED) is 0.501. The second-order valence-electron chi connectivity index (χ2n) is 4.09. The summed E-state index contributed by atoms with van der Waals surface area (Å²) in [5.74, 6) is 0.286. The lowest BCUT2D eigenvalue weighted by molar-refractivity contribution is -0.121. The molecule has 2 rings (SSSR count). The fourth-order valence-electron chi connectivity index (χ4n) is 1.90. The van der Waals surface area contributed by atoms with Crippen molar-refractivity contribution < 1.29 is 9.53 Å². The molecule has 0 spiro atoms. The minimum atomic E-state index is -0.164. The Hall–Kier alpha value is -2.77. The molecule has 20 heavy (non-hydrogen) atoms. The number of nitrogens with two attached hydrogens (primary N) is 3. The van der Waals surface area contributed by atoms with Gasteiger partial charge in [0.2, 0.25) is 5.96 Å². The van der Waals surface area contributed by atoms with Crippen LogP contribution in [0.2, 0.25) is 0 Å². The van der Waals surface area contributed by atoms with Gasteiger partial charge in [-0.3, -0.25) is 4.79 Å². The number of carbonyl (C=O) groups excluding carboxylic acids is 1. The van der Waals surface area contributed by atoms with Crippen LogP contribution < -0.4 is 26.8 Å². The first-order valence-corrected chi connectivity index (χ1v) is 6.02. The van der Waals surface area contributed by atoms with Crippen molar-refractivity contribution >= 4 is 29.2 Å². The number of amides is 1. The summed E-state index contributed by atoms with van der Waals surface area (Å²) < 4.78 is 5.38. The summed E-state index contributed by atoms with van der Waals surface area (Å²) in [5, 5.41) is 0. The van der Waals surface area contributed by atoms with Crippen molar-refractivity contribution in [1.82, 2.24) is 0 Å². The van der Waals surface area contributed by atoms with Crippen LogP contribution in [0.4, 0.5) is 11.4 Å². The van der Waals surface area contributed by atoms with Crippen molar-refractivity contribution in [1.29, 1.82) is 0 Å². The number of rotatable bonds is 2. The highest BCUT2D eigenvalue weighted by Gasteiger charge is 2.24. The van der Waals surface area contributed by atoms with Gasteiger partial charge in [-0.15, -0.1) is 0 Å². The lowest BCUT2D eigenvalue weighted by atomic mass is 10.2. The van der Waals surface area contributed by atoms with Crippen LogP contribution in [0.3, 0.4) is 0 Å². The number of ether oxygens (including phenoxy) is 1. The van der Waals surface area contributed by atoms with Crippen molar-refractivity contribution in [3.8, 4) is 5.75 Å². The third-order valence-corrected chi connectivity index (χ3v) is 2.69. The molecule has 0 fully saturated rings. The highest BCUT2D eigenvalue weighted by Crippen LogP contribution is 2.35. The lowest BCUT2D eigenvalue weighted by Crippen LogP contribution is -2.38. The molecule has 1 heterocycles. The van der Waals surface area contributed by atoms with Crippen LogP contribution in [0.15, 0.2) is 28.2 Å². The SMILES string of the molecule is CCN1C(=O)COc2cc(N=C(N)N=C(N)N)ccc21. The summed E-state index contributed by atoms with van der Waals surface area (Å²) in [6.45, 7) is 2.49. The van der Waals surface area contributed by atoms with Crippen LogP contribution in [0.5, 0.6) is 5.75 Å². The van der Waals surface area contributed by atoms with Crippen LogP contribution >= 0.6 is 0 Å². The van der Waals surface area contributed by atoms with E-state index in [0.29, 0.717) is 23.7 Å². The van der Waals surface area contributed by atoms with Gasteiger partial charge in [-0.2, -0.15) is 4.99 Å². The Labute approximate surface area is 115 Å². The van der Waals surface area contributed by atoms with Crippen molar-refractivity contribution in [2.45, 2.75) is 6.92 Å². The standard InChI is InChI=1S/C12H16N6O2/c1-2-18-8-4-3-7(16-12(15)17-11(13)14)5-9(8)20-6-10(18)19/h3-5H,2,6H2,1H3,(H6,13,14,15,16,17). The topological polar surface area (TPSA) is 132 Å². The van der Waals surface area contributed by atoms with E-state index in [9.17, 15) is 4.79 Å². The monoisotopic (exact) mass is 276 g/mol. The molecule has 1 aliphatic rings. The molecule has 0 bridgehead atoms. The van der Waals surface area contributed by atoms with Gasteiger partial charge in [0, 0.05) is 12.6 Å². The smallest absolute Gasteiger partial charge is 0.265 e. The number of carbonyl (C=O) groups is 1. The molecule has 1 aromatic rings. The Morgan fingerprint density at radius 2 is 2.15 bits per heavy atom. The Balaban J connectivity index is 2.34. The van der Waals surface area contributed by atoms with E-state index in [2.05, 4.69) is 9.98 Å². The molecule has 1 aliphatic heterocycles. The minimum absolute atomic E-state index is 0.0113. The van der Waals surface area contributed by atoms with Gasteiger partial charge in [-0.25, -0.2) is 4.99 Å². The molecule has 0 radical (unpaired) electrons. The zero-order chi connectivity index (χ0) is 14.7. The molecule has 106 valence electrons. The van der Waals surface area contributed by atoms with Crippen molar-refractivity contribution in [2.75, 3.05) is 18.1 Å². The number of hydrogen-bond donors (Lipinski definition) is 3. The summed E-state index contributed by atoms with van der Waals surface area (Å²) in [7, 11) is 0. The third kappa shape index (κ3) is 2.79. The molecule has 0 saturated heterocycles. The van der Waals surface area contributed by atoms with Crippen LogP contribution in [0, 0.1) is 0 Å². The van der Waals surface area contributed by atoms with Crippen molar-refractivity contribution in [3.63, 3.8) is 0 Å². The number of aliphatic imine (C=N–C) groups is 2. The van der Waals surface area contributed by atoms with Gasteiger partial charge in [0.1, 0.15) is 5.75 Å². The van der Waals surface area contributed by atoms with Gasteiger partial charge >= 0.3 is 0 Å². The molecular weight excluding hydrogens is 260 g/mol. The highest BCUT2D eigenvalue weighted by molar-refractivity contribution is 5.98. The predicted octanol–water partition coefficient (Wildman–Crippen LogP) is -0.348. The zero-order valence-corrected chi connectivity index (χ0v) is 11.0. The average Bonchev–Trinajstić information content (AvgIpc) is 2.38. The van der Waals surface area contributed by atoms with Gasteiger partial charge in [-0.05, 0) is 19.1 Å². The number of fused-ring (bicyclic) bond motifs is 1. The maximum Gasteiger partial charge on any atom is 0.265 e. The zero-order valence-electron chi connectivity index (χ0n) is 11.0. The summed E-state index contributed by atoms with van der Waals surface area (Å²) in [4.78, 5) is 21.0. The van der Waals surface area contributed by atoms with Gasteiger partial charge < -0.3 is 26.8 Å². The van der Waals surface area contributed by atoms with Crippen molar-refractivity contribution in [3.05, 3.63) is 18.2 Å². The Bertz CT molecular complexity index is 592. The highest BCUT2D eigenvalue weighted by atomic mass is 16.5. The van der Waals surface area contributed by atoms with Crippen LogP contribution in [0.25, 0.3) is 0 Å². The largest absolute Gasteiger partial charge is 0.481 e. The molecule has 1 aromatic carbocycles. The average molecular weight is 276 g/mol. The number of benzene rings is 1. The predicted molar refractivity (Wildman–Crippen MR) is 77.1 cm³/mol. The van der Waals surface area contributed by atoms with Crippen LogP contribution in [-0.4, -0.2) is 31.0 Å². The van der Waals surface area contributed by atoms with E-state index in [0.717, 1.165) is 0 Å². The van der Waals surface area contributed by atoms with Gasteiger partial charge in [-0.1, -0.05) is 0 Å². The van der Waals surface area contributed by atoms with Gasteiger partial charge in [0.05, 0.1) is 11.4 Å². The van der Waals surface area contributed by atoms with E-state index in [1.165, 1.54) is 0 Å². The fraction of sp³-hybridized carbons (Fsp3) is 0.250. The maximum absolute atomic E-state index is 11.7. The molecule has 0 unspecified atom stereocenters. The van der Waals surface area contributed by atoms with E-state index in [1.807, 2.05) is 6.92 Å². The summed E-state index contributed by atoms with van der Waals surface area (Å²) in [5.41, 5.74) is 17.2. The van der Waals surface area contributed by atoms with E-state index in [4.69, 9.17) is 21.9 Å². The first-order valence-electron chi connectivity index (χ1n) is 6.02. The number of likely N-dealkylation sites (N-methyl/N-ethyl adjacent to an activating group) is 1. The molecule has 8 heteroatoms. The molecule has 0 aromatic heterocycles. The number of nitrogens with zero attached hydrogens (tertiary/aromatic N) is 3. The van der Waals surface area contributed by atoms with Gasteiger partial charge in [0.25, 0.3) is 5.91 Å². The minimum Gasteiger partial charge on any atom is -0.481 e. The second-order valence-corrected chi connectivity index (χ2v) is 4.09. The fourth-order valence-corrected chi connectivity index (χ4v) is 1.90. The summed E-state index contributed by atoms with van der Waals surface area (Å²) >= 11 is 0.